The number of aromatic amines is 1. The summed E-state index contributed by atoms with van der Waals surface area (Å²) < 4.78 is 10.4. The van der Waals surface area contributed by atoms with Crippen molar-refractivity contribution in [2.75, 3.05) is 31.1 Å². The van der Waals surface area contributed by atoms with Crippen molar-refractivity contribution in [3.8, 4) is 0 Å². The average molecular weight is 313 g/mol. The van der Waals surface area contributed by atoms with Crippen LogP contribution in [-0.2, 0) is 0 Å². The van der Waals surface area contributed by atoms with Gasteiger partial charge in [0.15, 0.2) is 11.3 Å². The number of hydrogen-bond donors (Lipinski definition) is 1. The number of rotatable bonds is 2. The molecule has 0 radical (unpaired) electrons. The average Bonchev–Trinajstić information content (AvgIpc) is 3.22. The zero-order valence-electron chi connectivity index (χ0n) is 12.3. The zero-order valence-corrected chi connectivity index (χ0v) is 12.3. The standard InChI is InChI=1S/C16H15N3O4/c20-15(13-5-2-10-22-13)19-8-6-18(7-9-19)12-4-1-3-11-14(12)23-16(21)17-11/h1-5,10H,6-9H2,(H,17,21). The topological polar surface area (TPSA) is 82.7 Å². The normalized spacial score (nSPS) is 15.3. The number of nitrogens with zero attached hydrogens (tertiary/aromatic N) is 2. The van der Waals surface area contributed by atoms with Crippen LogP contribution in [0.3, 0.4) is 0 Å². The van der Waals surface area contributed by atoms with E-state index in [0.29, 0.717) is 43.0 Å². The lowest BCUT2D eigenvalue weighted by atomic mass is 10.2. The Bertz CT molecular complexity index is 886. The minimum absolute atomic E-state index is 0.0963. The summed E-state index contributed by atoms with van der Waals surface area (Å²) in [7, 11) is 0. The lowest BCUT2D eigenvalue weighted by Crippen LogP contribution is -2.48. The molecule has 0 spiro atoms. The lowest BCUT2D eigenvalue weighted by Gasteiger charge is -2.35. The second kappa shape index (κ2) is 5.35. The first-order valence-corrected chi connectivity index (χ1v) is 7.42. The Morgan fingerprint density at radius 1 is 1.09 bits per heavy atom. The molecule has 7 heteroatoms. The molecule has 0 bridgehead atoms. The van der Waals surface area contributed by atoms with Crippen LogP contribution in [0.25, 0.3) is 11.1 Å². The molecule has 0 unspecified atom stereocenters. The van der Waals surface area contributed by atoms with Crippen LogP contribution in [0.15, 0.2) is 50.2 Å². The first kappa shape index (κ1) is 13.7. The molecular formula is C16H15N3O4. The SMILES string of the molecule is O=C(c1ccco1)N1CCN(c2cccc3[nH]c(=O)oc23)CC1. The Labute approximate surface area is 131 Å². The van der Waals surface area contributed by atoms with Crippen LogP contribution in [-0.4, -0.2) is 42.0 Å². The fourth-order valence-electron chi connectivity index (χ4n) is 2.91. The molecule has 1 aromatic carbocycles. The molecule has 0 atom stereocenters. The fraction of sp³-hybridized carbons (Fsp3) is 0.250. The largest absolute Gasteiger partial charge is 0.459 e. The van der Waals surface area contributed by atoms with Gasteiger partial charge in [-0.15, -0.1) is 0 Å². The minimum Gasteiger partial charge on any atom is -0.459 e. The second-order valence-corrected chi connectivity index (χ2v) is 5.42. The number of para-hydroxylation sites is 1. The molecule has 1 N–H and O–H groups in total. The molecule has 4 rings (SSSR count). The molecule has 23 heavy (non-hydrogen) atoms. The van der Waals surface area contributed by atoms with E-state index in [0.717, 1.165) is 5.69 Å². The quantitative estimate of drug-likeness (QED) is 0.778. The van der Waals surface area contributed by atoms with Gasteiger partial charge >= 0.3 is 5.76 Å². The highest BCUT2D eigenvalue weighted by Gasteiger charge is 2.25. The highest BCUT2D eigenvalue weighted by atomic mass is 16.4. The molecule has 3 aromatic rings. The van der Waals surface area contributed by atoms with Crippen molar-refractivity contribution >= 4 is 22.7 Å². The van der Waals surface area contributed by atoms with Gasteiger partial charge < -0.3 is 18.6 Å². The smallest absolute Gasteiger partial charge is 0.417 e. The number of carbonyl (C=O) groups is 1. The van der Waals surface area contributed by atoms with Crippen molar-refractivity contribution in [2.24, 2.45) is 0 Å². The molecule has 0 saturated carbocycles. The van der Waals surface area contributed by atoms with E-state index in [9.17, 15) is 9.59 Å². The summed E-state index contributed by atoms with van der Waals surface area (Å²) in [6.07, 6.45) is 1.50. The van der Waals surface area contributed by atoms with Crippen molar-refractivity contribution in [3.05, 3.63) is 52.9 Å². The first-order chi connectivity index (χ1) is 11.2. The monoisotopic (exact) mass is 313 g/mol. The van der Waals surface area contributed by atoms with Crippen LogP contribution >= 0.6 is 0 Å². The summed E-state index contributed by atoms with van der Waals surface area (Å²) >= 11 is 0. The lowest BCUT2D eigenvalue weighted by molar-refractivity contribution is 0.0715. The molecule has 1 saturated heterocycles. The van der Waals surface area contributed by atoms with Crippen molar-refractivity contribution in [2.45, 2.75) is 0 Å². The van der Waals surface area contributed by atoms with E-state index in [-0.39, 0.29) is 5.91 Å². The van der Waals surface area contributed by atoms with Crippen molar-refractivity contribution in [1.82, 2.24) is 9.88 Å². The number of anilines is 1. The van der Waals surface area contributed by atoms with Crippen molar-refractivity contribution < 1.29 is 13.6 Å². The van der Waals surface area contributed by atoms with Gasteiger partial charge in [0.1, 0.15) is 0 Å². The summed E-state index contributed by atoms with van der Waals surface area (Å²) in [4.78, 5) is 30.2. The second-order valence-electron chi connectivity index (χ2n) is 5.42. The van der Waals surface area contributed by atoms with Crippen LogP contribution in [0.5, 0.6) is 0 Å². The Hall–Kier alpha value is -2.96. The summed E-state index contributed by atoms with van der Waals surface area (Å²) in [5, 5.41) is 0. The molecule has 1 aliphatic heterocycles. The number of carbonyl (C=O) groups excluding carboxylic acids is 1. The Balaban J connectivity index is 1.53. The number of furan rings is 1. The van der Waals surface area contributed by atoms with Gasteiger partial charge in [-0.1, -0.05) is 6.07 Å². The summed E-state index contributed by atoms with van der Waals surface area (Å²) in [6.45, 7) is 2.51. The number of hydrogen-bond acceptors (Lipinski definition) is 5. The minimum atomic E-state index is -0.459. The van der Waals surface area contributed by atoms with E-state index in [1.807, 2.05) is 12.1 Å². The third kappa shape index (κ3) is 2.40. The van der Waals surface area contributed by atoms with E-state index < -0.39 is 5.76 Å². The number of piperazine rings is 1. The maximum atomic E-state index is 12.3. The molecule has 7 nitrogen and oxygen atoms in total. The fourth-order valence-corrected chi connectivity index (χ4v) is 2.91. The number of benzene rings is 1. The van der Waals surface area contributed by atoms with E-state index in [1.165, 1.54) is 6.26 Å². The maximum absolute atomic E-state index is 12.3. The molecule has 1 aliphatic rings. The van der Waals surface area contributed by atoms with Gasteiger partial charge in [-0.05, 0) is 24.3 Å². The van der Waals surface area contributed by atoms with Gasteiger partial charge in [0, 0.05) is 26.2 Å². The Morgan fingerprint density at radius 3 is 2.65 bits per heavy atom. The Morgan fingerprint density at radius 2 is 1.91 bits per heavy atom. The number of aromatic nitrogens is 1. The van der Waals surface area contributed by atoms with Gasteiger partial charge in [0.25, 0.3) is 5.91 Å². The van der Waals surface area contributed by atoms with Gasteiger partial charge in [0.2, 0.25) is 0 Å². The predicted molar refractivity (Wildman–Crippen MR) is 83.7 cm³/mol. The molecular weight excluding hydrogens is 298 g/mol. The number of fused-ring (bicyclic) bond motifs is 1. The number of amides is 1. The summed E-state index contributed by atoms with van der Waals surface area (Å²) in [5.74, 6) is -0.197. The number of H-pyrrole nitrogens is 1. The predicted octanol–water partition coefficient (Wildman–Crippen LogP) is 1.68. The molecule has 1 fully saturated rings. The third-order valence-electron chi connectivity index (χ3n) is 4.07. The van der Waals surface area contributed by atoms with Crippen LogP contribution in [0.4, 0.5) is 5.69 Å². The van der Waals surface area contributed by atoms with Crippen LogP contribution in [0, 0.1) is 0 Å². The maximum Gasteiger partial charge on any atom is 0.417 e. The van der Waals surface area contributed by atoms with Crippen molar-refractivity contribution in [1.29, 1.82) is 0 Å². The highest BCUT2D eigenvalue weighted by molar-refractivity contribution is 5.92. The number of oxazole rings is 1. The van der Waals surface area contributed by atoms with Gasteiger partial charge in [0.05, 0.1) is 17.5 Å². The van der Waals surface area contributed by atoms with Crippen LogP contribution in [0.1, 0.15) is 10.6 Å². The summed E-state index contributed by atoms with van der Waals surface area (Å²) in [6, 6.07) is 8.98. The van der Waals surface area contributed by atoms with Crippen molar-refractivity contribution in [3.63, 3.8) is 0 Å². The first-order valence-electron chi connectivity index (χ1n) is 7.42. The van der Waals surface area contributed by atoms with E-state index >= 15 is 0 Å². The van der Waals surface area contributed by atoms with E-state index in [1.54, 1.807) is 23.1 Å². The van der Waals surface area contributed by atoms with E-state index in [2.05, 4.69) is 9.88 Å². The molecule has 3 heterocycles. The molecule has 2 aromatic heterocycles. The highest BCUT2D eigenvalue weighted by Crippen LogP contribution is 2.26. The molecule has 1 amide bonds. The molecule has 0 aliphatic carbocycles. The third-order valence-corrected chi connectivity index (χ3v) is 4.07. The Kier molecular flexibility index (Phi) is 3.18. The van der Waals surface area contributed by atoms with Gasteiger partial charge in [-0.2, -0.15) is 0 Å². The van der Waals surface area contributed by atoms with Gasteiger partial charge in [-0.3, -0.25) is 9.78 Å². The number of nitrogens with one attached hydrogen (secondary N) is 1. The van der Waals surface area contributed by atoms with Crippen LogP contribution < -0.4 is 10.7 Å². The van der Waals surface area contributed by atoms with E-state index in [4.69, 9.17) is 8.83 Å². The summed E-state index contributed by atoms with van der Waals surface area (Å²) in [5.41, 5.74) is 2.11. The van der Waals surface area contributed by atoms with Gasteiger partial charge in [-0.25, -0.2) is 4.79 Å². The van der Waals surface area contributed by atoms with Crippen LogP contribution in [0.2, 0.25) is 0 Å². The zero-order chi connectivity index (χ0) is 15.8. The molecule has 118 valence electrons.